The second-order valence-corrected chi connectivity index (χ2v) is 5.18. The number of nitrogens with one attached hydrogen (secondary N) is 1. The van der Waals surface area contributed by atoms with Crippen LogP contribution in [0, 0.1) is 18.3 Å². The topological polar surface area (TPSA) is 87.9 Å². The maximum atomic E-state index is 12.1. The molecular weight excluding hydrogens is 304 g/mol. The zero-order valence-corrected chi connectivity index (χ0v) is 13.2. The molecule has 0 bridgehead atoms. The van der Waals surface area contributed by atoms with Gasteiger partial charge in [-0.05, 0) is 43.3 Å². The molecule has 2 heterocycles. The maximum absolute atomic E-state index is 12.1. The Morgan fingerprint density at radius 2 is 1.96 bits per heavy atom. The van der Waals surface area contributed by atoms with Crippen LogP contribution in [0.2, 0.25) is 0 Å². The van der Waals surface area contributed by atoms with E-state index in [1.54, 1.807) is 24.3 Å². The van der Waals surface area contributed by atoms with Gasteiger partial charge in [-0.15, -0.1) is 0 Å². The minimum absolute atomic E-state index is 0.319. The normalized spacial score (nSPS) is 10.2. The number of ether oxygens (including phenoxy) is 1. The van der Waals surface area contributed by atoms with Crippen molar-refractivity contribution >= 4 is 28.4 Å². The number of esters is 1. The number of hydrogen-bond donors (Lipinski definition) is 1. The molecule has 0 spiro atoms. The summed E-state index contributed by atoms with van der Waals surface area (Å²) < 4.78 is 4.84. The van der Waals surface area contributed by atoms with Crippen molar-refractivity contribution in [3.8, 4) is 6.07 Å². The van der Waals surface area contributed by atoms with E-state index in [1.807, 2.05) is 19.1 Å². The van der Waals surface area contributed by atoms with E-state index in [-0.39, 0.29) is 0 Å². The summed E-state index contributed by atoms with van der Waals surface area (Å²) in [6.07, 6.45) is 1.45. The van der Waals surface area contributed by atoms with Crippen LogP contribution in [0.5, 0.6) is 0 Å². The van der Waals surface area contributed by atoms with Gasteiger partial charge in [-0.3, -0.25) is 0 Å². The third kappa shape index (κ3) is 2.88. The van der Waals surface area contributed by atoms with E-state index in [2.05, 4.69) is 21.4 Å². The lowest BCUT2D eigenvalue weighted by Gasteiger charge is -2.13. The largest absolute Gasteiger partial charge is 0.465 e. The highest BCUT2D eigenvalue weighted by Crippen LogP contribution is 2.29. The highest BCUT2D eigenvalue weighted by molar-refractivity contribution is 6.05. The second kappa shape index (κ2) is 6.34. The molecule has 0 aliphatic rings. The van der Waals surface area contributed by atoms with Crippen LogP contribution in [-0.4, -0.2) is 23.0 Å². The van der Waals surface area contributed by atoms with Crippen LogP contribution in [0.4, 0.5) is 11.4 Å². The number of carbonyl (C=O) groups excluding carboxylic acids is 1. The van der Waals surface area contributed by atoms with Crippen LogP contribution in [0.1, 0.15) is 21.6 Å². The van der Waals surface area contributed by atoms with Gasteiger partial charge in [0.05, 0.1) is 24.4 Å². The molecule has 3 aromatic rings. The molecule has 3 rings (SSSR count). The van der Waals surface area contributed by atoms with Gasteiger partial charge in [0.1, 0.15) is 5.56 Å². The number of hydrogen-bond acceptors (Lipinski definition) is 6. The molecule has 0 unspecified atom stereocenters. The van der Waals surface area contributed by atoms with Gasteiger partial charge in [0.2, 0.25) is 0 Å². The fourth-order valence-corrected chi connectivity index (χ4v) is 2.34. The first-order chi connectivity index (χ1) is 11.6. The van der Waals surface area contributed by atoms with E-state index >= 15 is 0 Å². The Bertz CT molecular complexity index is 959. The standard InChI is InChI=1S/C18H14N4O2/c1-11-3-8-14-16(22-13-6-4-12(9-19)5-7-13)15(18(23)24-2)10-20-17(14)21-11/h3-8,10H,1-2H3,(H,20,21,22). The molecule has 0 radical (unpaired) electrons. The average molecular weight is 318 g/mol. The van der Waals surface area contributed by atoms with Gasteiger partial charge in [0.15, 0.2) is 5.65 Å². The lowest BCUT2D eigenvalue weighted by atomic mass is 10.1. The first-order valence-electron chi connectivity index (χ1n) is 7.24. The molecule has 0 aliphatic carbocycles. The zero-order valence-electron chi connectivity index (χ0n) is 13.2. The Balaban J connectivity index is 2.14. The van der Waals surface area contributed by atoms with Crippen molar-refractivity contribution in [1.82, 2.24) is 9.97 Å². The summed E-state index contributed by atoms with van der Waals surface area (Å²) in [5.41, 5.74) is 3.57. The van der Waals surface area contributed by atoms with Gasteiger partial charge in [0, 0.05) is 23.0 Å². The number of nitrogens with zero attached hydrogens (tertiary/aromatic N) is 3. The second-order valence-electron chi connectivity index (χ2n) is 5.18. The highest BCUT2D eigenvalue weighted by Gasteiger charge is 2.17. The predicted molar refractivity (Wildman–Crippen MR) is 90.1 cm³/mol. The monoisotopic (exact) mass is 318 g/mol. The number of nitriles is 1. The Morgan fingerprint density at radius 1 is 1.21 bits per heavy atom. The van der Waals surface area contributed by atoms with Crippen LogP contribution < -0.4 is 5.32 Å². The number of anilines is 2. The van der Waals surface area contributed by atoms with E-state index in [1.165, 1.54) is 13.3 Å². The van der Waals surface area contributed by atoms with E-state index in [0.29, 0.717) is 27.8 Å². The van der Waals surface area contributed by atoms with Crippen LogP contribution in [-0.2, 0) is 4.74 Å². The molecule has 0 aliphatic heterocycles. The maximum Gasteiger partial charge on any atom is 0.341 e. The molecule has 6 nitrogen and oxygen atoms in total. The van der Waals surface area contributed by atoms with Crippen molar-refractivity contribution in [3.63, 3.8) is 0 Å². The van der Waals surface area contributed by atoms with Gasteiger partial charge in [-0.2, -0.15) is 5.26 Å². The third-order valence-electron chi connectivity index (χ3n) is 3.56. The summed E-state index contributed by atoms with van der Waals surface area (Å²) in [5.74, 6) is -0.485. The Labute approximate surface area is 138 Å². The smallest absolute Gasteiger partial charge is 0.341 e. The fraction of sp³-hybridized carbons (Fsp3) is 0.111. The molecule has 0 saturated carbocycles. The van der Waals surface area contributed by atoms with Crippen molar-refractivity contribution in [2.75, 3.05) is 12.4 Å². The minimum atomic E-state index is -0.485. The lowest BCUT2D eigenvalue weighted by molar-refractivity contribution is 0.0601. The number of rotatable bonds is 3. The van der Waals surface area contributed by atoms with Crippen LogP contribution >= 0.6 is 0 Å². The van der Waals surface area contributed by atoms with Crippen molar-refractivity contribution in [2.24, 2.45) is 0 Å². The van der Waals surface area contributed by atoms with Gasteiger partial charge >= 0.3 is 5.97 Å². The number of aryl methyl sites for hydroxylation is 1. The molecule has 24 heavy (non-hydrogen) atoms. The number of benzene rings is 1. The van der Waals surface area contributed by atoms with E-state index in [4.69, 9.17) is 10.00 Å². The van der Waals surface area contributed by atoms with E-state index < -0.39 is 5.97 Å². The number of fused-ring (bicyclic) bond motifs is 1. The fourth-order valence-electron chi connectivity index (χ4n) is 2.34. The lowest BCUT2D eigenvalue weighted by Crippen LogP contribution is -2.08. The van der Waals surface area contributed by atoms with Gasteiger partial charge < -0.3 is 10.1 Å². The van der Waals surface area contributed by atoms with Gasteiger partial charge in [-0.25, -0.2) is 14.8 Å². The molecule has 0 amide bonds. The average Bonchev–Trinajstić information content (AvgIpc) is 2.61. The van der Waals surface area contributed by atoms with Crippen molar-refractivity contribution in [2.45, 2.75) is 6.92 Å². The summed E-state index contributed by atoms with van der Waals surface area (Å²) in [5, 5.41) is 12.8. The minimum Gasteiger partial charge on any atom is -0.465 e. The Hall–Kier alpha value is -3.46. The van der Waals surface area contributed by atoms with Gasteiger partial charge in [0.25, 0.3) is 0 Å². The molecule has 0 atom stereocenters. The van der Waals surface area contributed by atoms with Crippen molar-refractivity contribution < 1.29 is 9.53 Å². The van der Waals surface area contributed by atoms with E-state index in [0.717, 1.165) is 11.4 Å². The molecule has 118 valence electrons. The summed E-state index contributed by atoms with van der Waals surface area (Å²) in [6.45, 7) is 1.88. The number of carbonyl (C=O) groups is 1. The predicted octanol–water partition coefficient (Wildman–Crippen LogP) is 3.34. The number of methoxy groups -OCH3 is 1. The van der Waals surface area contributed by atoms with Gasteiger partial charge in [-0.1, -0.05) is 0 Å². The molecule has 2 aromatic heterocycles. The van der Waals surface area contributed by atoms with Crippen LogP contribution in [0.25, 0.3) is 11.0 Å². The quantitative estimate of drug-likeness (QED) is 0.745. The number of pyridine rings is 2. The summed E-state index contributed by atoms with van der Waals surface area (Å²) in [4.78, 5) is 20.7. The molecular formula is C18H14N4O2. The summed E-state index contributed by atoms with van der Waals surface area (Å²) in [6, 6.07) is 12.7. The van der Waals surface area contributed by atoms with Crippen LogP contribution in [0.3, 0.4) is 0 Å². The van der Waals surface area contributed by atoms with Crippen molar-refractivity contribution in [3.05, 3.63) is 59.4 Å². The molecule has 0 fully saturated rings. The number of aromatic nitrogens is 2. The van der Waals surface area contributed by atoms with E-state index in [9.17, 15) is 4.79 Å². The Kier molecular flexibility index (Phi) is 4.08. The Morgan fingerprint density at radius 3 is 2.62 bits per heavy atom. The van der Waals surface area contributed by atoms with Crippen LogP contribution in [0.15, 0.2) is 42.6 Å². The zero-order chi connectivity index (χ0) is 17.1. The molecule has 1 N–H and O–H groups in total. The molecule has 0 saturated heterocycles. The molecule has 6 heteroatoms. The SMILES string of the molecule is COC(=O)c1cnc2nc(C)ccc2c1Nc1ccc(C#N)cc1. The molecule has 1 aromatic carbocycles. The summed E-state index contributed by atoms with van der Waals surface area (Å²) in [7, 11) is 1.32. The third-order valence-corrected chi connectivity index (χ3v) is 3.56. The highest BCUT2D eigenvalue weighted by atomic mass is 16.5. The first-order valence-corrected chi connectivity index (χ1v) is 7.24. The summed E-state index contributed by atoms with van der Waals surface area (Å²) >= 11 is 0. The van der Waals surface area contributed by atoms with Crippen molar-refractivity contribution in [1.29, 1.82) is 5.26 Å². The first kappa shape index (κ1) is 15.4.